The molecular weight excluding hydrogens is 224 g/mol. The van der Waals surface area contributed by atoms with E-state index in [9.17, 15) is 0 Å². The molecule has 0 amide bonds. The van der Waals surface area contributed by atoms with Crippen LogP contribution in [0.1, 0.15) is 38.2 Å². The standard InChI is InChI=1S/C14H20N4/c1-10-5-3-7-12(9-10)15-14-16-13-11(2)6-4-8-18(13)17-14/h4,6,8,10,12H,3,5,7,9H2,1-2H3,(H,15,17). The number of pyridine rings is 1. The molecule has 3 rings (SSSR count). The van der Waals surface area contributed by atoms with E-state index in [1.165, 1.54) is 25.7 Å². The van der Waals surface area contributed by atoms with Crippen LogP contribution in [-0.2, 0) is 0 Å². The zero-order valence-corrected chi connectivity index (χ0v) is 11.1. The van der Waals surface area contributed by atoms with Gasteiger partial charge in [-0.15, -0.1) is 5.10 Å². The van der Waals surface area contributed by atoms with Crippen LogP contribution in [0.4, 0.5) is 5.95 Å². The normalized spacial score (nSPS) is 24.3. The van der Waals surface area contributed by atoms with Crippen molar-refractivity contribution in [2.75, 3.05) is 5.32 Å². The third-order valence-electron chi connectivity index (χ3n) is 3.83. The summed E-state index contributed by atoms with van der Waals surface area (Å²) in [7, 11) is 0. The average Bonchev–Trinajstić information content (AvgIpc) is 2.73. The monoisotopic (exact) mass is 244 g/mol. The smallest absolute Gasteiger partial charge is 0.243 e. The number of nitrogens with zero attached hydrogens (tertiary/aromatic N) is 3. The third kappa shape index (κ3) is 2.19. The Kier molecular flexibility index (Phi) is 2.94. The van der Waals surface area contributed by atoms with Gasteiger partial charge in [0.05, 0.1) is 0 Å². The van der Waals surface area contributed by atoms with Gasteiger partial charge in [-0.1, -0.05) is 25.8 Å². The highest BCUT2D eigenvalue weighted by Crippen LogP contribution is 2.25. The zero-order chi connectivity index (χ0) is 12.5. The van der Waals surface area contributed by atoms with Crippen LogP contribution in [0.2, 0.25) is 0 Å². The predicted octanol–water partition coefficient (Wildman–Crippen LogP) is 3.03. The van der Waals surface area contributed by atoms with Gasteiger partial charge in [-0.05, 0) is 37.3 Å². The van der Waals surface area contributed by atoms with E-state index in [1.807, 2.05) is 16.8 Å². The first kappa shape index (κ1) is 11.5. The van der Waals surface area contributed by atoms with Crippen molar-refractivity contribution >= 4 is 11.6 Å². The Bertz CT molecular complexity index is 546. The van der Waals surface area contributed by atoms with Crippen molar-refractivity contribution in [3.05, 3.63) is 23.9 Å². The Morgan fingerprint density at radius 2 is 2.28 bits per heavy atom. The Morgan fingerprint density at radius 3 is 3.06 bits per heavy atom. The van der Waals surface area contributed by atoms with Gasteiger partial charge in [0.15, 0.2) is 5.65 Å². The lowest BCUT2D eigenvalue weighted by Crippen LogP contribution is -2.26. The van der Waals surface area contributed by atoms with Crippen LogP contribution in [0.25, 0.3) is 5.65 Å². The average molecular weight is 244 g/mol. The minimum atomic E-state index is 0.534. The van der Waals surface area contributed by atoms with E-state index in [-0.39, 0.29) is 0 Å². The summed E-state index contributed by atoms with van der Waals surface area (Å²) < 4.78 is 1.85. The lowest BCUT2D eigenvalue weighted by Gasteiger charge is -2.26. The Labute approximate surface area is 107 Å². The maximum absolute atomic E-state index is 4.57. The molecule has 2 heterocycles. The maximum Gasteiger partial charge on any atom is 0.243 e. The first-order valence-corrected chi connectivity index (χ1v) is 6.81. The number of rotatable bonds is 2. The number of hydrogen-bond donors (Lipinski definition) is 1. The fourth-order valence-corrected chi connectivity index (χ4v) is 2.85. The molecule has 18 heavy (non-hydrogen) atoms. The van der Waals surface area contributed by atoms with Crippen molar-refractivity contribution in [2.24, 2.45) is 5.92 Å². The van der Waals surface area contributed by atoms with Gasteiger partial charge in [0.25, 0.3) is 0 Å². The summed E-state index contributed by atoms with van der Waals surface area (Å²) in [5.41, 5.74) is 2.11. The summed E-state index contributed by atoms with van der Waals surface area (Å²) in [4.78, 5) is 4.57. The topological polar surface area (TPSA) is 42.2 Å². The van der Waals surface area contributed by atoms with E-state index >= 15 is 0 Å². The van der Waals surface area contributed by atoms with Crippen LogP contribution >= 0.6 is 0 Å². The summed E-state index contributed by atoms with van der Waals surface area (Å²) in [6.07, 6.45) is 7.08. The van der Waals surface area contributed by atoms with Crippen molar-refractivity contribution in [1.82, 2.24) is 14.6 Å². The molecule has 0 spiro atoms. The van der Waals surface area contributed by atoms with Gasteiger partial charge in [-0.3, -0.25) is 0 Å². The second kappa shape index (κ2) is 4.59. The molecule has 2 atom stereocenters. The lowest BCUT2D eigenvalue weighted by molar-refractivity contribution is 0.357. The second-order valence-electron chi connectivity index (χ2n) is 5.51. The Hall–Kier alpha value is -1.58. The summed E-state index contributed by atoms with van der Waals surface area (Å²) in [5.74, 6) is 1.58. The molecule has 1 aliphatic rings. The maximum atomic E-state index is 4.57. The van der Waals surface area contributed by atoms with Gasteiger partial charge in [-0.2, -0.15) is 4.98 Å². The molecule has 2 aromatic rings. The van der Waals surface area contributed by atoms with Crippen LogP contribution in [-0.4, -0.2) is 20.6 Å². The molecule has 0 radical (unpaired) electrons. The second-order valence-corrected chi connectivity index (χ2v) is 5.51. The van der Waals surface area contributed by atoms with Crippen molar-refractivity contribution in [2.45, 2.75) is 45.6 Å². The van der Waals surface area contributed by atoms with Crippen molar-refractivity contribution in [3.8, 4) is 0 Å². The van der Waals surface area contributed by atoms with E-state index in [2.05, 4.69) is 35.3 Å². The SMILES string of the molecule is Cc1cccn2nc(NC3CCCC(C)C3)nc12. The number of anilines is 1. The van der Waals surface area contributed by atoms with Crippen molar-refractivity contribution in [3.63, 3.8) is 0 Å². The van der Waals surface area contributed by atoms with Crippen LogP contribution in [0.3, 0.4) is 0 Å². The van der Waals surface area contributed by atoms with Gasteiger partial charge in [0.1, 0.15) is 0 Å². The number of aromatic nitrogens is 3. The molecule has 0 bridgehead atoms. The van der Waals surface area contributed by atoms with Crippen LogP contribution in [0.5, 0.6) is 0 Å². The summed E-state index contributed by atoms with van der Waals surface area (Å²) >= 11 is 0. The first-order valence-electron chi connectivity index (χ1n) is 6.81. The molecule has 4 heteroatoms. The summed E-state index contributed by atoms with van der Waals surface area (Å²) in [5, 5.41) is 7.97. The molecule has 0 aromatic carbocycles. The third-order valence-corrected chi connectivity index (χ3v) is 3.83. The molecule has 1 aliphatic carbocycles. The number of aryl methyl sites for hydroxylation is 1. The van der Waals surface area contributed by atoms with Crippen LogP contribution in [0, 0.1) is 12.8 Å². The van der Waals surface area contributed by atoms with Gasteiger partial charge in [-0.25, -0.2) is 4.52 Å². The highest BCUT2D eigenvalue weighted by Gasteiger charge is 2.19. The van der Waals surface area contributed by atoms with Gasteiger partial charge in [0.2, 0.25) is 5.95 Å². The lowest BCUT2D eigenvalue weighted by atomic mass is 9.87. The molecule has 4 nitrogen and oxygen atoms in total. The highest BCUT2D eigenvalue weighted by molar-refractivity contribution is 5.49. The van der Waals surface area contributed by atoms with E-state index < -0.39 is 0 Å². The minimum Gasteiger partial charge on any atom is -0.350 e. The fourth-order valence-electron chi connectivity index (χ4n) is 2.85. The molecular formula is C14H20N4. The minimum absolute atomic E-state index is 0.534. The van der Waals surface area contributed by atoms with Crippen molar-refractivity contribution < 1.29 is 0 Å². The number of hydrogen-bond acceptors (Lipinski definition) is 3. The van der Waals surface area contributed by atoms with E-state index in [0.29, 0.717) is 6.04 Å². The van der Waals surface area contributed by atoms with Gasteiger partial charge in [0, 0.05) is 12.2 Å². The first-order chi connectivity index (χ1) is 8.72. The quantitative estimate of drug-likeness (QED) is 0.883. The molecule has 2 unspecified atom stereocenters. The molecule has 2 aromatic heterocycles. The molecule has 1 N–H and O–H groups in total. The van der Waals surface area contributed by atoms with Gasteiger partial charge >= 0.3 is 0 Å². The highest BCUT2D eigenvalue weighted by atomic mass is 15.3. The Balaban J connectivity index is 1.80. The van der Waals surface area contributed by atoms with Crippen LogP contribution in [0.15, 0.2) is 18.3 Å². The van der Waals surface area contributed by atoms with Gasteiger partial charge < -0.3 is 5.32 Å². The summed E-state index contributed by atoms with van der Waals surface area (Å²) in [6, 6.07) is 4.60. The largest absolute Gasteiger partial charge is 0.350 e. The number of nitrogens with one attached hydrogen (secondary N) is 1. The summed E-state index contributed by atoms with van der Waals surface area (Å²) in [6.45, 7) is 4.39. The van der Waals surface area contributed by atoms with E-state index in [0.717, 1.165) is 23.1 Å². The van der Waals surface area contributed by atoms with E-state index in [4.69, 9.17) is 0 Å². The Morgan fingerprint density at radius 1 is 1.39 bits per heavy atom. The van der Waals surface area contributed by atoms with Crippen molar-refractivity contribution in [1.29, 1.82) is 0 Å². The van der Waals surface area contributed by atoms with E-state index in [1.54, 1.807) is 0 Å². The fraction of sp³-hybridized carbons (Fsp3) is 0.571. The molecule has 1 fully saturated rings. The molecule has 1 saturated carbocycles. The molecule has 96 valence electrons. The predicted molar refractivity (Wildman–Crippen MR) is 72.8 cm³/mol. The molecule has 0 saturated heterocycles. The number of fused-ring (bicyclic) bond motifs is 1. The van der Waals surface area contributed by atoms with Crippen LogP contribution < -0.4 is 5.32 Å². The zero-order valence-electron chi connectivity index (χ0n) is 11.1. The molecule has 0 aliphatic heterocycles.